The lowest BCUT2D eigenvalue weighted by Gasteiger charge is -2.08. The lowest BCUT2D eigenvalue weighted by atomic mass is 10.00. The van der Waals surface area contributed by atoms with Crippen molar-refractivity contribution in [2.75, 3.05) is 0 Å². The number of H-pyrrole nitrogens is 1. The molecular formula is C19H20N4. The maximum Gasteiger partial charge on any atom is 0.140 e. The average molecular weight is 304 g/mol. The Morgan fingerprint density at radius 2 is 1.96 bits per heavy atom. The fourth-order valence-electron chi connectivity index (χ4n) is 3.32. The standard InChI is InChI=1S/C19H20N4/c1-11(2)14-7-5-12(3)18-17(14)22-19(23(18)4)13-6-8-15-16(9-13)21-10-20-15/h5-11H,1-4H3,(H,20,21). The van der Waals surface area contributed by atoms with Crippen LogP contribution in [0.25, 0.3) is 33.5 Å². The molecule has 4 aromatic rings. The maximum atomic E-state index is 4.98. The minimum atomic E-state index is 0.455. The van der Waals surface area contributed by atoms with Gasteiger partial charge in [-0.3, -0.25) is 0 Å². The third-order valence-electron chi connectivity index (χ3n) is 4.56. The summed E-state index contributed by atoms with van der Waals surface area (Å²) in [5, 5.41) is 0. The van der Waals surface area contributed by atoms with Gasteiger partial charge < -0.3 is 9.55 Å². The smallest absolute Gasteiger partial charge is 0.140 e. The Bertz CT molecular complexity index is 1020. The van der Waals surface area contributed by atoms with E-state index in [1.807, 2.05) is 6.07 Å². The van der Waals surface area contributed by atoms with Crippen LogP contribution in [0.4, 0.5) is 0 Å². The van der Waals surface area contributed by atoms with Crippen molar-refractivity contribution in [2.45, 2.75) is 26.7 Å². The van der Waals surface area contributed by atoms with Gasteiger partial charge in [0.25, 0.3) is 0 Å². The molecule has 0 aliphatic rings. The highest BCUT2D eigenvalue weighted by Gasteiger charge is 2.16. The molecule has 0 fully saturated rings. The van der Waals surface area contributed by atoms with E-state index in [1.165, 1.54) is 16.6 Å². The molecule has 2 aromatic heterocycles. The number of hydrogen-bond donors (Lipinski definition) is 1. The summed E-state index contributed by atoms with van der Waals surface area (Å²) < 4.78 is 2.20. The van der Waals surface area contributed by atoms with Crippen molar-refractivity contribution >= 4 is 22.1 Å². The van der Waals surface area contributed by atoms with Gasteiger partial charge in [-0.1, -0.05) is 26.0 Å². The number of benzene rings is 2. The van der Waals surface area contributed by atoms with E-state index in [2.05, 4.69) is 66.6 Å². The maximum absolute atomic E-state index is 4.98. The number of fused-ring (bicyclic) bond motifs is 2. The van der Waals surface area contributed by atoms with Crippen molar-refractivity contribution < 1.29 is 0 Å². The van der Waals surface area contributed by atoms with Crippen LogP contribution in [0, 0.1) is 6.92 Å². The first kappa shape index (κ1) is 14.0. The highest BCUT2D eigenvalue weighted by molar-refractivity contribution is 5.88. The molecule has 0 radical (unpaired) electrons. The molecule has 4 rings (SSSR count). The average Bonchev–Trinajstić information content (AvgIpc) is 3.11. The molecule has 0 spiro atoms. The third kappa shape index (κ3) is 2.05. The monoisotopic (exact) mass is 304 g/mol. The SMILES string of the molecule is Cc1ccc(C(C)C)c2nc(-c3ccc4nc[nH]c4c3)n(C)c12. The first-order chi connectivity index (χ1) is 11.1. The van der Waals surface area contributed by atoms with Crippen LogP contribution in [0.3, 0.4) is 0 Å². The van der Waals surface area contributed by atoms with Gasteiger partial charge in [-0.15, -0.1) is 0 Å². The highest BCUT2D eigenvalue weighted by Crippen LogP contribution is 2.32. The number of hydrogen-bond acceptors (Lipinski definition) is 2. The van der Waals surface area contributed by atoms with Crippen molar-refractivity contribution in [1.82, 2.24) is 19.5 Å². The van der Waals surface area contributed by atoms with E-state index in [4.69, 9.17) is 4.98 Å². The van der Waals surface area contributed by atoms with Crippen molar-refractivity contribution in [3.05, 3.63) is 47.8 Å². The van der Waals surface area contributed by atoms with E-state index in [0.29, 0.717) is 5.92 Å². The Labute approximate surface area is 135 Å². The zero-order valence-corrected chi connectivity index (χ0v) is 13.9. The summed E-state index contributed by atoms with van der Waals surface area (Å²) in [6, 6.07) is 10.7. The number of aromatic amines is 1. The molecule has 23 heavy (non-hydrogen) atoms. The topological polar surface area (TPSA) is 46.5 Å². The number of aromatic nitrogens is 4. The fraction of sp³-hybridized carbons (Fsp3) is 0.263. The zero-order chi connectivity index (χ0) is 16.1. The number of rotatable bonds is 2. The summed E-state index contributed by atoms with van der Waals surface area (Å²) in [4.78, 5) is 12.4. The molecule has 116 valence electrons. The Hall–Kier alpha value is -2.62. The summed E-state index contributed by atoms with van der Waals surface area (Å²) in [6.07, 6.45) is 1.73. The number of imidazole rings is 2. The quantitative estimate of drug-likeness (QED) is 0.590. The van der Waals surface area contributed by atoms with Gasteiger partial charge in [0.1, 0.15) is 5.82 Å². The van der Waals surface area contributed by atoms with E-state index in [1.54, 1.807) is 6.33 Å². The van der Waals surface area contributed by atoms with Crippen LogP contribution in [0.2, 0.25) is 0 Å². The van der Waals surface area contributed by atoms with E-state index in [0.717, 1.165) is 27.9 Å². The summed E-state index contributed by atoms with van der Waals surface area (Å²) in [6.45, 7) is 6.58. The van der Waals surface area contributed by atoms with Crippen LogP contribution < -0.4 is 0 Å². The molecule has 0 atom stereocenters. The van der Waals surface area contributed by atoms with E-state index < -0.39 is 0 Å². The molecule has 0 aliphatic heterocycles. The second kappa shape index (κ2) is 4.95. The molecule has 0 bridgehead atoms. The van der Waals surface area contributed by atoms with Crippen LogP contribution in [-0.4, -0.2) is 19.5 Å². The predicted molar refractivity (Wildman–Crippen MR) is 94.6 cm³/mol. The molecule has 2 heterocycles. The molecule has 0 saturated heterocycles. The Kier molecular flexibility index (Phi) is 3.01. The van der Waals surface area contributed by atoms with Crippen molar-refractivity contribution in [2.24, 2.45) is 7.05 Å². The fourth-order valence-corrected chi connectivity index (χ4v) is 3.32. The van der Waals surface area contributed by atoms with Gasteiger partial charge in [0.15, 0.2) is 0 Å². The predicted octanol–water partition coefficient (Wildman–Crippen LogP) is 4.55. The molecule has 2 aromatic carbocycles. The summed E-state index contributed by atoms with van der Waals surface area (Å²) in [5.41, 5.74) is 8.01. The van der Waals surface area contributed by atoms with Gasteiger partial charge in [0.05, 0.1) is 28.4 Å². The van der Waals surface area contributed by atoms with E-state index in [9.17, 15) is 0 Å². The van der Waals surface area contributed by atoms with Crippen molar-refractivity contribution in [1.29, 1.82) is 0 Å². The van der Waals surface area contributed by atoms with Gasteiger partial charge in [-0.05, 0) is 42.2 Å². The van der Waals surface area contributed by atoms with Gasteiger partial charge in [0.2, 0.25) is 0 Å². The third-order valence-corrected chi connectivity index (χ3v) is 4.56. The Morgan fingerprint density at radius 3 is 2.74 bits per heavy atom. The van der Waals surface area contributed by atoms with Gasteiger partial charge in [0, 0.05) is 12.6 Å². The Morgan fingerprint density at radius 1 is 1.13 bits per heavy atom. The zero-order valence-electron chi connectivity index (χ0n) is 13.9. The molecule has 4 nitrogen and oxygen atoms in total. The second-order valence-corrected chi connectivity index (χ2v) is 6.45. The van der Waals surface area contributed by atoms with Crippen LogP contribution in [0.5, 0.6) is 0 Å². The van der Waals surface area contributed by atoms with Crippen LogP contribution in [-0.2, 0) is 7.05 Å². The Balaban J connectivity index is 2.02. The van der Waals surface area contributed by atoms with Crippen LogP contribution >= 0.6 is 0 Å². The van der Waals surface area contributed by atoms with Gasteiger partial charge in [-0.2, -0.15) is 0 Å². The molecule has 0 aliphatic carbocycles. The molecule has 0 unspecified atom stereocenters. The van der Waals surface area contributed by atoms with E-state index >= 15 is 0 Å². The highest BCUT2D eigenvalue weighted by atomic mass is 15.1. The van der Waals surface area contributed by atoms with Crippen molar-refractivity contribution in [3.63, 3.8) is 0 Å². The van der Waals surface area contributed by atoms with Crippen LogP contribution in [0.1, 0.15) is 30.9 Å². The first-order valence-corrected chi connectivity index (χ1v) is 7.95. The number of nitrogens with one attached hydrogen (secondary N) is 1. The summed E-state index contributed by atoms with van der Waals surface area (Å²) in [7, 11) is 2.10. The van der Waals surface area contributed by atoms with Gasteiger partial charge in [-0.25, -0.2) is 9.97 Å². The molecule has 0 amide bonds. The number of aryl methyl sites for hydroxylation is 2. The lowest BCUT2D eigenvalue weighted by Crippen LogP contribution is -1.95. The molecule has 0 saturated carbocycles. The minimum Gasteiger partial charge on any atom is -0.345 e. The molecule has 1 N–H and O–H groups in total. The molecule has 4 heteroatoms. The second-order valence-electron chi connectivity index (χ2n) is 6.45. The number of nitrogens with zero attached hydrogens (tertiary/aromatic N) is 3. The van der Waals surface area contributed by atoms with E-state index in [-0.39, 0.29) is 0 Å². The largest absolute Gasteiger partial charge is 0.345 e. The summed E-state index contributed by atoms with van der Waals surface area (Å²) in [5.74, 6) is 1.45. The van der Waals surface area contributed by atoms with Crippen LogP contribution in [0.15, 0.2) is 36.7 Å². The lowest BCUT2D eigenvalue weighted by molar-refractivity contribution is 0.873. The normalized spacial score (nSPS) is 11.9. The first-order valence-electron chi connectivity index (χ1n) is 7.95. The molecular weight excluding hydrogens is 284 g/mol. The van der Waals surface area contributed by atoms with Gasteiger partial charge >= 0.3 is 0 Å². The summed E-state index contributed by atoms with van der Waals surface area (Å²) >= 11 is 0. The minimum absolute atomic E-state index is 0.455. The van der Waals surface area contributed by atoms with Crippen molar-refractivity contribution in [3.8, 4) is 11.4 Å².